The Morgan fingerprint density at radius 2 is 1.74 bits per heavy atom. The largest absolute Gasteiger partial charge is 0.369 e. The lowest BCUT2D eigenvalue weighted by Crippen LogP contribution is -2.49. The number of hydrogen-bond acceptors (Lipinski definition) is 3. The number of primary amides is 1. The van der Waals surface area contributed by atoms with Gasteiger partial charge in [0.1, 0.15) is 0 Å². The molecule has 1 fully saturated rings. The molecule has 1 amide bonds. The first kappa shape index (κ1) is 16.9. The Morgan fingerprint density at radius 1 is 1.21 bits per heavy atom. The van der Waals surface area contributed by atoms with Crippen molar-refractivity contribution in [3.63, 3.8) is 0 Å². The summed E-state index contributed by atoms with van der Waals surface area (Å²) in [6.07, 6.45) is 1.59. The average molecular weight is 287 g/mol. The van der Waals surface area contributed by atoms with Gasteiger partial charge in [0.05, 0.1) is 0 Å². The molecule has 0 saturated carbocycles. The van der Waals surface area contributed by atoms with Crippen molar-refractivity contribution in [2.24, 2.45) is 28.2 Å². The summed E-state index contributed by atoms with van der Waals surface area (Å²) in [7, 11) is 2.76. The molecule has 0 radical (unpaired) electrons. The minimum absolute atomic E-state index is 0.124. The lowest BCUT2D eigenvalue weighted by molar-refractivity contribution is -0.126. The average Bonchev–Trinajstić information content (AvgIpc) is 2.09. The molecule has 3 atom stereocenters. The normalized spacial score (nSPS) is 36.1. The van der Waals surface area contributed by atoms with Gasteiger partial charge < -0.3 is 11.5 Å². The van der Waals surface area contributed by atoms with Crippen molar-refractivity contribution in [3.8, 4) is 0 Å². The quantitative estimate of drug-likeness (QED) is 0.722. The molecule has 2 unspecified atom stereocenters. The zero-order valence-electron chi connectivity index (χ0n) is 13.0. The maximum absolute atomic E-state index is 11.9. The highest BCUT2D eigenvalue weighted by molar-refractivity contribution is 7.13. The number of carbonyl (C=O) groups excluding carboxylic acids is 1. The van der Waals surface area contributed by atoms with Crippen LogP contribution in [-0.4, -0.2) is 29.2 Å². The molecule has 0 spiro atoms. The Bertz CT molecular complexity index is 353. The highest BCUT2D eigenvalue weighted by Crippen LogP contribution is 2.44. The summed E-state index contributed by atoms with van der Waals surface area (Å²) in [6, 6.07) is 0. The van der Waals surface area contributed by atoms with Crippen LogP contribution in [0, 0.1) is 16.7 Å². The number of carbonyl (C=O) groups is 1. The fourth-order valence-corrected chi connectivity index (χ4v) is 4.69. The Hall–Kier alpha value is -0.180. The van der Waals surface area contributed by atoms with E-state index in [0.29, 0.717) is 6.42 Å². The topological polar surface area (TPSA) is 72.3 Å². The van der Waals surface area contributed by atoms with E-state index in [1.165, 1.54) is 0 Å². The number of nitrogens with two attached hydrogens (primary N) is 2. The van der Waals surface area contributed by atoms with E-state index in [1.807, 2.05) is 6.92 Å². The molecule has 1 aliphatic heterocycles. The van der Waals surface area contributed by atoms with Gasteiger partial charge >= 0.3 is 0 Å². The molecule has 1 heterocycles. The third-order valence-electron chi connectivity index (χ3n) is 4.09. The van der Waals surface area contributed by atoms with E-state index >= 15 is 0 Å². The van der Waals surface area contributed by atoms with Crippen LogP contribution in [0.2, 0.25) is 0 Å². The van der Waals surface area contributed by atoms with Crippen LogP contribution in [0.15, 0.2) is 0 Å². The van der Waals surface area contributed by atoms with E-state index in [9.17, 15) is 4.79 Å². The van der Waals surface area contributed by atoms with Crippen LogP contribution in [0.25, 0.3) is 0 Å². The molecule has 112 valence electrons. The van der Waals surface area contributed by atoms with Gasteiger partial charge in [-0.25, -0.2) is 0 Å². The predicted octanol–water partition coefficient (Wildman–Crippen LogP) is 1.74. The first-order chi connectivity index (χ1) is 8.35. The number of amides is 1. The van der Waals surface area contributed by atoms with Gasteiger partial charge in [0.25, 0.3) is 0 Å². The van der Waals surface area contributed by atoms with Crippen LogP contribution in [-0.2, 0) is 4.79 Å². The lowest BCUT2D eigenvalue weighted by Gasteiger charge is -2.39. The van der Waals surface area contributed by atoms with Gasteiger partial charge in [-0.2, -0.15) is 0 Å². The maximum atomic E-state index is 11.9. The number of rotatable bonds is 1. The van der Waals surface area contributed by atoms with Crippen molar-refractivity contribution >= 4 is 15.3 Å². The molecule has 0 aromatic carbocycles. The standard InChI is InChI=1S/C14H30N3OP/c1-12(2)7-13(3,4)10(11(15)18)6-14(5,16)9-17(19)8-12/h10H,6-9,16,19H2,1-5H3,(H2,15,18)/t10?,14-/m1/s1. The van der Waals surface area contributed by atoms with Crippen molar-refractivity contribution in [1.82, 2.24) is 4.67 Å². The molecule has 0 aliphatic carbocycles. The molecule has 19 heavy (non-hydrogen) atoms. The van der Waals surface area contributed by atoms with Crippen molar-refractivity contribution in [1.29, 1.82) is 0 Å². The molecular formula is C14H30N3OP. The van der Waals surface area contributed by atoms with Crippen LogP contribution in [0.3, 0.4) is 0 Å². The second kappa shape index (κ2) is 5.31. The second-order valence-corrected chi connectivity index (χ2v) is 8.78. The van der Waals surface area contributed by atoms with Crippen LogP contribution >= 0.6 is 9.39 Å². The van der Waals surface area contributed by atoms with E-state index in [-0.39, 0.29) is 22.7 Å². The number of nitrogens with zero attached hydrogens (tertiary/aromatic N) is 1. The van der Waals surface area contributed by atoms with Gasteiger partial charge in [0.2, 0.25) is 5.91 Å². The molecule has 5 heteroatoms. The van der Waals surface area contributed by atoms with E-state index in [4.69, 9.17) is 11.5 Å². The third-order valence-corrected chi connectivity index (χ3v) is 4.45. The fraction of sp³-hybridized carbons (Fsp3) is 0.929. The molecule has 0 bridgehead atoms. The summed E-state index contributed by atoms with van der Waals surface area (Å²) in [5.41, 5.74) is 11.6. The summed E-state index contributed by atoms with van der Waals surface area (Å²) in [4.78, 5) is 11.9. The van der Waals surface area contributed by atoms with Crippen LogP contribution in [0.5, 0.6) is 0 Å². The molecule has 1 saturated heterocycles. The molecule has 4 nitrogen and oxygen atoms in total. The number of hydrogen-bond donors (Lipinski definition) is 2. The highest BCUT2D eigenvalue weighted by atomic mass is 31.0. The lowest BCUT2D eigenvalue weighted by atomic mass is 9.65. The summed E-state index contributed by atoms with van der Waals surface area (Å²) < 4.78 is 2.19. The van der Waals surface area contributed by atoms with Gasteiger partial charge in [0.15, 0.2) is 0 Å². The Morgan fingerprint density at radius 3 is 2.21 bits per heavy atom. The maximum Gasteiger partial charge on any atom is 0.221 e. The summed E-state index contributed by atoms with van der Waals surface area (Å²) in [5, 5.41) is 0. The smallest absolute Gasteiger partial charge is 0.221 e. The van der Waals surface area contributed by atoms with Gasteiger partial charge in [-0.15, -0.1) is 0 Å². The van der Waals surface area contributed by atoms with Crippen LogP contribution in [0.1, 0.15) is 47.5 Å². The SMILES string of the molecule is CC1(C)CN(P)C[C@](C)(N)CC(C(N)=O)C(C)(C)C1. The molecular weight excluding hydrogens is 257 g/mol. The van der Waals surface area contributed by atoms with Crippen molar-refractivity contribution in [3.05, 3.63) is 0 Å². The van der Waals surface area contributed by atoms with Gasteiger partial charge in [0, 0.05) is 24.5 Å². The molecule has 4 N–H and O–H groups in total. The summed E-state index contributed by atoms with van der Waals surface area (Å²) in [5.74, 6) is -0.409. The summed E-state index contributed by atoms with van der Waals surface area (Å²) in [6.45, 7) is 12.5. The highest BCUT2D eigenvalue weighted by Gasteiger charge is 2.43. The zero-order valence-corrected chi connectivity index (χ0v) is 14.1. The van der Waals surface area contributed by atoms with Crippen molar-refractivity contribution in [2.75, 3.05) is 13.1 Å². The molecule has 1 aliphatic rings. The minimum atomic E-state index is -0.404. The van der Waals surface area contributed by atoms with Crippen LogP contribution < -0.4 is 11.5 Å². The Labute approximate surface area is 119 Å². The first-order valence-electron chi connectivity index (χ1n) is 6.93. The molecule has 1 rings (SSSR count). The Balaban J connectivity index is 3.15. The predicted molar refractivity (Wildman–Crippen MR) is 83.4 cm³/mol. The van der Waals surface area contributed by atoms with Gasteiger partial charge in [-0.3, -0.25) is 9.46 Å². The van der Waals surface area contributed by atoms with E-state index in [0.717, 1.165) is 19.5 Å². The van der Waals surface area contributed by atoms with E-state index < -0.39 is 5.54 Å². The van der Waals surface area contributed by atoms with Gasteiger partial charge in [-0.05, 0) is 30.6 Å². The molecule has 0 aromatic heterocycles. The second-order valence-electron chi connectivity index (χ2n) is 8.05. The van der Waals surface area contributed by atoms with E-state index in [1.54, 1.807) is 0 Å². The van der Waals surface area contributed by atoms with Crippen molar-refractivity contribution < 1.29 is 4.79 Å². The Kier molecular flexibility index (Phi) is 4.71. The zero-order chi connectivity index (χ0) is 15.1. The minimum Gasteiger partial charge on any atom is -0.369 e. The fourth-order valence-electron chi connectivity index (χ4n) is 3.77. The van der Waals surface area contributed by atoms with Crippen molar-refractivity contribution in [2.45, 2.75) is 53.0 Å². The monoisotopic (exact) mass is 287 g/mol. The summed E-state index contributed by atoms with van der Waals surface area (Å²) >= 11 is 0. The molecule has 0 aromatic rings. The van der Waals surface area contributed by atoms with Gasteiger partial charge in [-0.1, -0.05) is 37.1 Å². The first-order valence-corrected chi connectivity index (χ1v) is 7.44. The third kappa shape index (κ3) is 4.70. The van der Waals surface area contributed by atoms with E-state index in [2.05, 4.69) is 41.8 Å². The van der Waals surface area contributed by atoms with Crippen LogP contribution in [0.4, 0.5) is 0 Å².